The highest BCUT2D eigenvalue weighted by Crippen LogP contribution is 2.12. The summed E-state index contributed by atoms with van der Waals surface area (Å²) < 4.78 is 0. The molecular weight excluding hydrogens is 582 g/mol. The van der Waals surface area contributed by atoms with Crippen molar-refractivity contribution >= 4 is 5.91 Å². The summed E-state index contributed by atoms with van der Waals surface area (Å²) in [6, 6.07) is -0.825. The quantitative estimate of drug-likeness (QED) is 0.0402. The zero-order valence-corrected chi connectivity index (χ0v) is 30.9. The average molecular weight is 660 g/mol. The lowest BCUT2D eigenvalue weighted by molar-refractivity contribution is -0.131. The predicted octanol–water partition coefficient (Wildman–Crippen LogP) is 11.0. The Morgan fingerprint density at radius 3 is 1.30 bits per heavy atom. The van der Waals surface area contributed by atoms with Crippen LogP contribution in [0.3, 0.4) is 0 Å². The topological polar surface area (TPSA) is 89.8 Å². The fourth-order valence-electron chi connectivity index (χ4n) is 5.68. The molecule has 0 bridgehead atoms. The van der Waals surface area contributed by atoms with E-state index in [9.17, 15) is 20.1 Å². The Morgan fingerprint density at radius 2 is 0.872 bits per heavy atom. The number of carbonyl (C=O) groups is 1. The summed E-state index contributed by atoms with van der Waals surface area (Å²) in [7, 11) is 0. The number of nitrogens with one attached hydrogen (secondary N) is 1. The molecule has 1 amide bonds. The molecule has 0 fully saturated rings. The van der Waals surface area contributed by atoms with Gasteiger partial charge in [-0.25, -0.2) is 0 Å². The molecule has 0 aliphatic heterocycles. The standard InChI is InChI=1S/C42H77NO4/c1-3-5-7-9-11-13-15-17-19-20-21-23-24-26-28-30-32-34-36-40(45)39(38-44)43-42(47)41(46)37-35-33-31-29-27-25-22-18-16-14-12-10-8-6-4-2/h20-22,25-26,28,34,36,39-41,44-46H,3-19,23-24,27,29-33,35,37-38H2,1-2H3,(H,43,47)/b21-20+,25-22-,28-26+,36-34+. The molecule has 0 aromatic carbocycles. The van der Waals surface area contributed by atoms with Crippen molar-refractivity contribution in [3.8, 4) is 0 Å². The van der Waals surface area contributed by atoms with Crippen LogP contribution in [0.25, 0.3) is 0 Å². The second-order valence-corrected chi connectivity index (χ2v) is 13.5. The van der Waals surface area contributed by atoms with Gasteiger partial charge in [-0.1, -0.05) is 165 Å². The number of unbranched alkanes of at least 4 members (excludes halogenated alkanes) is 21. The number of aliphatic hydroxyl groups excluding tert-OH is 3. The zero-order chi connectivity index (χ0) is 34.5. The van der Waals surface area contributed by atoms with Crippen LogP contribution < -0.4 is 5.32 Å². The van der Waals surface area contributed by atoms with E-state index in [1.54, 1.807) is 6.08 Å². The molecule has 274 valence electrons. The molecule has 0 saturated heterocycles. The lowest BCUT2D eigenvalue weighted by Gasteiger charge is -2.21. The SMILES string of the molecule is CCCCCCCCC/C=C\CCCCCCC(O)C(=O)NC(CO)C(O)/C=C/CC/C=C/CC/C=C/CCCCCCCCCC. The summed E-state index contributed by atoms with van der Waals surface area (Å²) in [6.07, 6.45) is 47.0. The van der Waals surface area contributed by atoms with Gasteiger partial charge in [-0.15, -0.1) is 0 Å². The third-order valence-electron chi connectivity index (χ3n) is 8.87. The van der Waals surface area contributed by atoms with E-state index >= 15 is 0 Å². The van der Waals surface area contributed by atoms with Crippen LogP contribution in [-0.2, 0) is 4.79 Å². The third kappa shape index (κ3) is 32.6. The molecule has 0 aromatic rings. The molecule has 0 spiro atoms. The van der Waals surface area contributed by atoms with Crippen LogP contribution in [0, 0.1) is 0 Å². The van der Waals surface area contributed by atoms with E-state index in [-0.39, 0.29) is 6.61 Å². The van der Waals surface area contributed by atoms with Crippen LogP contribution in [0.5, 0.6) is 0 Å². The summed E-state index contributed by atoms with van der Waals surface area (Å²) in [4.78, 5) is 12.4. The van der Waals surface area contributed by atoms with E-state index in [0.717, 1.165) is 57.8 Å². The second kappa shape index (κ2) is 37.1. The van der Waals surface area contributed by atoms with Gasteiger partial charge in [-0.3, -0.25) is 4.79 Å². The van der Waals surface area contributed by atoms with Crippen molar-refractivity contribution in [3.05, 3.63) is 48.6 Å². The Kier molecular flexibility index (Phi) is 35.8. The summed E-state index contributed by atoms with van der Waals surface area (Å²) >= 11 is 0. The van der Waals surface area contributed by atoms with Crippen molar-refractivity contribution in [2.45, 2.75) is 205 Å². The normalized spacial score (nSPS) is 14.2. The minimum atomic E-state index is -1.12. The Hall–Kier alpha value is -1.69. The molecule has 0 aliphatic carbocycles. The minimum absolute atomic E-state index is 0.386. The summed E-state index contributed by atoms with van der Waals surface area (Å²) in [5.74, 6) is -0.528. The van der Waals surface area contributed by atoms with Crippen LogP contribution in [0.2, 0.25) is 0 Å². The van der Waals surface area contributed by atoms with E-state index in [4.69, 9.17) is 0 Å². The highest BCUT2D eigenvalue weighted by Gasteiger charge is 2.22. The van der Waals surface area contributed by atoms with Gasteiger partial charge in [-0.05, 0) is 70.6 Å². The molecule has 0 aromatic heterocycles. The van der Waals surface area contributed by atoms with E-state index in [1.807, 2.05) is 6.08 Å². The zero-order valence-electron chi connectivity index (χ0n) is 30.9. The molecule has 47 heavy (non-hydrogen) atoms. The molecule has 0 aliphatic rings. The molecule has 0 radical (unpaired) electrons. The van der Waals surface area contributed by atoms with Crippen LogP contribution >= 0.6 is 0 Å². The molecule has 4 N–H and O–H groups in total. The molecule has 5 heteroatoms. The van der Waals surface area contributed by atoms with E-state index in [0.29, 0.717) is 6.42 Å². The summed E-state index contributed by atoms with van der Waals surface area (Å²) in [5, 5.41) is 33.0. The van der Waals surface area contributed by atoms with Gasteiger partial charge < -0.3 is 20.6 Å². The highest BCUT2D eigenvalue weighted by atomic mass is 16.3. The average Bonchev–Trinajstić information content (AvgIpc) is 3.07. The number of rotatable bonds is 35. The van der Waals surface area contributed by atoms with Crippen molar-refractivity contribution in [1.29, 1.82) is 0 Å². The Balaban J connectivity index is 3.83. The van der Waals surface area contributed by atoms with Gasteiger partial charge in [-0.2, -0.15) is 0 Å². The van der Waals surface area contributed by atoms with Crippen LogP contribution in [0.1, 0.15) is 187 Å². The van der Waals surface area contributed by atoms with E-state index in [2.05, 4.69) is 55.6 Å². The first-order valence-corrected chi connectivity index (χ1v) is 20.0. The van der Waals surface area contributed by atoms with Gasteiger partial charge in [0.1, 0.15) is 6.10 Å². The van der Waals surface area contributed by atoms with Crippen molar-refractivity contribution < 1.29 is 20.1 Å². The van der Waals surface area contributed by atoms with Crippen molar-refractivity contribution in [2.24, 2.45) is 0 Å². The third-order valence-corrected chi connectivity index (χ3v) is 8.87. The Labute approximate surface area is 291 Å². The summed E-state index contributed by atoms with van der Waals surface area (Å²) in [5.41, 5.74) is 0. The van der Waals surface area contributed by atoms with Gasteiger partial charge in [0.2, 0.25) is 5.91 Å². The van der Waals surface area contributed by atoms with Crippen LogP contribution in [0.4, 0.5) is 0 Å². The summed E-state index contributed by atoms with van der Waals surface area (Å²) in [6.45, 7) is 4.14. The Bertz CT molecular complexity index is 775. The van der Waals surface area contributed by atoms with Crippen LogP contribution in [-0.4, -0.2) is 46.1 Å². The van der Waals surface area contributed by atoms with Crippen molar-refractivity contribution in [3.63, 3.8) is 0 Å². The van der Waals surface area contributed by atoms with Gasteiger partial charge in [0.05, 0.1) is 18.8 Å². The van der Waals surface area contributed by atoms with Crippen molar-refractivity contribution in [2.75, 3.05) is 6.61 Å². The molecular formula is C42H77NO4. The number of allylic oxidation sites excluding steroid dienone is 7. The molecule has 5 nitrogen and oxygen atoms in total. The van der Waals surface area contributed by atoms with Gasteiger partial charge in [0.25, 0.3) is 0 Å². The molecule has 3 atom stereocenters. The molecule has 0 heterocycles. The first-order valence-electron chi connectivity index (χ1n) is 20.0. The maximum Gasteiger partial charge on any atom is 0.249 e. The van der Waals surface area contributed by atoms with Gasteiger partial charge >= 0.3 is 0 Å². The maximum atomic E-state index is 12.4. The molecule has 3 unspecified atom stereocenters. The number of hydrogen-bond acceptors (Lipinski definition) is 4. The lowest BCUT2D eigenvalue weighted by Crippen LogP contribution is -2.48. The number of aliphatic hydroxyl groups is 3. The number of amides is 1. The number of carbonyl (C=O) groups excluding carboxylic acids is 1. The predicted molar refractivity (Wildman–Crippen MR) is 204 cm³/mol. The Morgan fingerprint density at radius 1 is 0.511 bits per heavy atom. The molecule has 0 rings (SSSR count). The first kappa shape index (κ1) is 45.3. The molecule has 0 saturated carbocycles. The van der Waals surface area contributed by atoms with Crippen molar-refractivity contribution in [1.82, 2.24) is 5.32 Å². The number of hydrogen-bond donors (Lipinski definition) is 4. The van der Waals surface area contributed by atoms with E-state index in [1.165, 1.54) is 109 Å². The first-order chi connectivity index (χ1) is 23.1. The van der Waals surface area contributed by atoms with E-state index < -0.39 is 24.2 Å². The maximum absolute atomic E-state index is 12.4. The second-order valence-electron chi connectivity index (χ2n) is 13.5. The minimum Gasteiger partial charge on any atom is -0.394 e. The highest BCUT2D eigenvalue weighted by molar-refractivity contribution is 5.80. The van der Waals surface area contributed by atoms with Gasteiger partial charge in [0.15, 0.2) is 0 Å². The largest absolute Gasteiger partial charge is 0.394 e. The fourth-order valence-corrected chi connectivity index (χ4v) is 5.68. The lowest BCUT2D eigenvalue weighted by atomic mass is 10.1. The van der Waals surface area contributed by atoms with Crippen LogP contribution in [0.15, 0.2) is 48.6 Å². The fraction of sp³-hybridized carbons (Fsp3) is 0.786. The monoisotopic (exact) mass is 660 g/mol. The van der Waals surface area contributed by atoms with Gasteiger partial charge in [0, 0.05) is 0 Å². The smallest absolute Gasteiger partial charge is 0.249 e.